The molecule has 0 unspecified atom stereocenters. The molecule has 1 aliphatic heterocycles. The molecule has 0 aliphatic carbocycles. The summed E-state index contributed by atoms with van der Waals surface area (Å²) in [5.74, 6) is -0.781. The Bertz CT molecular complexity index is 1000. The van der Waals surface area contributed by atoms with Crippen molar-refractivity contribution in [3.63, 3.8) is 0 Å². The van der Waals surface area contributed by atoms with Crippen LogP contribution in [0.15, 0.2) is 72.8 Å². The number of amides is 1. The van der Waals surface area contributed by atoms with Crippen LogP contribution in [0.5, 0.6) is 11.5 Å². The topological polar surface area (TPSA) is 64.6 Å². The van der Waals surface area contributed by atoms with Gasteiger partial charge in [-0.2, -0.15) is 0 Å². The highest BCUT2D eigenvalue weighted by Crippen LogP contribution is 2.44. The van der Waals surface area contributed by atoms with Crippen LogP contribution >= 0.6 is 0 Å². The second-order valence-electron chi connectivity index (χ2n) is 6.62. The Morgan fingerprint density at radius 1 is 0.897 bits per heavy atom. The highest BCUT2D eigenvalue weighted by Gasteiger charge is 2.33. The summed E-state index contributed by atoms with van der Waals surface area (Å²) in [4.78, 5) is 24.9. The predicted octanol–water partition coefficient (Wildman–Crippen LogP) is 3.92. The highest BCUT2D eigenvalue weighted by molar-refractivity contribution is 5.87. The zero-order chi connectivity index (χ0) is 20.2. The van der Waals surface area contributed by atoms with Crippen LogP contribution in [0.1, 0.15) is 22.6 Å². The first-order valence-corrected chi connectivity index (χ1v) is 9.15. The monoisotopic (exact) mass is 391 g/mol. The number of esters is 1. The molecule has 0 fully saturated rings. The number of fused-ring (bicyclic) bond motifs is 2. The van der Waals surface area contributed by atoms with E-state index in [-0.39, 0.29) is 12.4 Å². The maximum Gasteiger partial charge on any atom is 0.318 e. The molecule has 0 saturated heterocycles. The van der Waals surface area contributed by atoms with E-state index in [0.29, 0.717) is 22.6 Å². The van der Waals surface area contributed by atoms with E-state index >= 15 is 0 Å². The zero-order valence-corrected chi connectivity index (χ0v) is 15.4. The van der Waals surface area contributed by atoms with Crippen LogP contribution in [-0.4, -0.2) is 18.5 Å². The summed E-state index contributed by atoms with van der Waals surface area (Å²) in [5.41, 5.74) is 2.14. The number of carbonyl (C=O) groups excluding carboxylic acids is 2. The van der Waals surface area contributed by atoms with E-state index in [9.17, 15) is 14.0 Å². The second kappa shape index (κ2) is 8.14. The van der Waals surface area contributed by atoms with Gasteiger partial charge in [0.25, 0.3) is 5.91 Å². The quantitative estimate of drug-likeness (QED) is 0.670. The van der Waals surface area contributed by atoms with Gasteiger partial charge in [0.1, 0.15) is 23.2 Å². The SMILES string of the molecule is O=C(COC(=O)C1c2ccccc2Oc2ccccc21)NCc1ccc(F)cc1. The van der Waals surface area contributed by atoms with Crippen molar-refractivity contribution in [2.75, 3.05) is 6.61 Å². The van der Waals surface area contributed by atoms with E-state index in [1.165, 1.54) is 12.1 Å². The standard InChI is InChI=1S/C23H18FNO4/c24-16-11-9-15(10-12-16)13-25-21(26)14-28-23(27)22-17-5-1-3-7-19(17)29-20-8-4-2-6-18(20)22/h1-12,22H,13-14H2,(H,25,26). The molecule has 0 bridgehead atoms. The maximum atomic E-state index is 12.9. The van der Waals surface area contributed by atoms with Crippen molar-refractivity contribution >= 4 is 11.9 Å². The lowest BCUT2D eigenvalue weighted by atomic mass is 9.88. The Hall–Kier alpha value is -3.67. The van der Waals surface area contributed by atoms with Gasteiger partial charge in [0, 0.05) is 17.7 Å². The molecule has 1 N–H and O–H groups in total. The van der Waals surface area contributed by atoms with Gasteiger partial charge in [-0.15, -0.1) is 0 Å². The van der Waals surface area contributed by atoms with Crippen molar-refractivity contribution in [3.8, 4) is 11.5 Å². The van der Waals surface area contributed by atoms with Crippen molar-refractivity contribution in [1.29, 1.82) is 0 Å². The highest BCUT2D eigenvalue weighted by atomic mass is 19.1. The van der Waals surface area contributed by atoms with E-state index in [1.807, 2.05) is 36.4 Å². The molecule has 4 rings (SSSR count). The van der Waals surface area contributed by atoms with Crippen LogP contribution < -0.4 is 10.1 Å². The molecule has 3 aromatic carbocycles. The zero-order valence-electron chi connectivity index (χ0n) is 15.4. The molecule has 0 aromatic heterocycles. The molecule has 1 aliphatic rings. The van der Waals surface area contributed by atoms with Gasteiger partial charge in [0.2, 0.25) is 0 Å². The van der Waals surface area contributed by atoms with Gasteiger partial charge < -0.3 is 14.8 Å². The number of hydrogen-bond donors (Lipinski definition) is 1. The molecule has 0 saturated carbocycles. The summed E-state index contributed by atoms with van der Waals surface area (Å²) in [6, 6.07) is 20.3. The molecule has 1 amide bonds. The molecule has 0 atom stereocenters. The lowest BCUT2D eigenvalue weighted by Gasteiger charge is -2.26. The minimum absolute atomic E-state index is 0.222. The van der Waals surface area contributed by atoms with Crippen LogP contribution in [0.25, 0.3) is 0 Å². The van der Waals surface area contributed by atoms with Crippen LogP contribution in [0, 0.1) is 5.82 Å². The van der Waals surface area contributed by atoms with Crippen molar-refractivity contribution in [1.82, 2.24) is 5.32 Å². The Kier molecular flexibility index (Phi) is 5.24. The van der Waals surface area contributed by atoms with Crippen LogP contribution in [0.4, 0.5) is 4.39 Å². The normalized spacial score (nSPS) is 12.3. The number of benzene rings is 3. The second-order valence-corrected chi connectivity index (χ2v) is 6.62. The fourth-order valence-corrected chi connectivity index (χ4v) is 3.24. The Balaban J connectivity index is 1.42. The third-order valence-corrected chi connectivity index (χ3v) is 4.66. The lowest BCUT2D eigenvalue weighted by molar-refractivity contribution is -0.149. The lowest BCUT2D eigenvalue weighted by Crippen LogP contribution is -2.30. The number of nitrogens with one attached hydrogen (secondary N) is 1. The first-order chi connectivity index (χ1) is 14.1. The summed E-state index contributed by atoms with van der Waals surface area (Å²) in [5, 5.41) is 2.65. The van der Waals surface area contributed by atoms with Crippen molar-refractivity contribution in [2.24, 2.45) is 0 Å². The molecule has 0 spiro atoms. The van der Waals surface area contributed by atoms with Crippen molar-refractivity contribution in [3.05, 3.63) is 95.3 Å². The minimum atomic E-state index is -0.666. The molecule has 3 aromatic rings. The summed E-state index contributed by atoms with van der Waals surface area (Å²) in [6.07, 6.45) is 0. The van der Waals surface area contributed by atoms with Crippen molar-refractivity contribution < 1.29 is 23.5 Å². The van der Waals surface area contributed by atoms with Crippen LogP contribution in [0.2, 0.25) is 0 Å². The van der Waals surface area contributed by atoms with Gasteiger partial charge in [0.05, 0.1) is 0 Å². The fraction of sp³-hybridized carbons (Fsp3) is 0.130. The smallest absolute Gasteiger partial charge is 0.318 e. The summed E-state index contributed by atoms with van der Waals surface area (Å²) in [7, 11) is 0. The molecule has 29 heavy (non-hydrogen) atoms. The number of para-hydroxylation sites is 2. The molecule has 1 heterocycles. The van der Waals surface area contributed by atoms with Gasteiger partial charge in [-0.1, -0.05) is 48.5 Å². The number of ether oxygens (including phenoxy) is 2. The van der Waals surface area contributed by atoms with E-state index in [0.717, 1.165) is 5.56 Å². The van der Waals surface area contributed by atoms with Gasteiger partial charge >= 0.3 is 5.97 Å². The van der Waals surface area contributed by atoms with E-state index < -0.39 is 24.4 Å². The summed E-state index contributed by atoms with van der Waals surface area (Å²) < 4.78 is 24.1. The summed E-state index contributed by atoms with van der Waals surface area (Å²) >= 11 is 0. The molecule has 6 heteroatoms. The van der Waals surface area contributed by atoms with E-state index in [4.69, 9.17) is 9.47 Å². The Morgan fingerprint density at radius 3 is 2.10 bits per heavy atom. The molecule has 0 radical (unpaired) electrons. The molecular weight excluding hydrogens is 373 g/mol. The Labute approximate surface area is 167 Å². The van der Waals surface area contributed by atoms with Gasteiger partial charge in [-0.25, -0.2) is 4.39 Å². The van der Waals surface area contributed by atoms with Gasteiger partial charge in [0.15, 0.2) is 6.61 Å². The average molecular weight is 391 g/mol. The van der Waals surface area contributed by atoms with E-state index in [1.54, 1.807) is 24.3 Å². The number of halogens is 1. The predicted molar refractivity (Wildman–Crippen MR) is 104 cm³/mol. The largest absolute Gasteiger partial charge is 0.457 e. The van der Waals surface area contributed by atoms with Crippen LogP contribution in [0.3, 0.4) is 0 Å². The van der Waals surface area contributed by atoms with Crippen LogP contribution in [-0.2, 0) is 20.9 Å². The number of hydrogen-bond acceptors (Lipinski definition) is 4. The third-order valence-electron chi connectivity index (χ3n) is 4.66. The summed E-state index contributed by atoms with van der Waals surface area (Å²) in [6.45, 7) is -0.179. The fourth-order valence-electron chi connectivity index (χ4n) is 3.24. The average Bonchev–Trinajstić information content (AvgIpc) is 2.75. The Morgan fingerprint density at radius 2 is 1.48 bits per heavy atom. The van der Waals surface area contributed by atoms with E-state index in [2.05, 4.69) is 5.32 Å². The van der Waals surface area contributed by atoms with Gasteiger partial charge in [-0.05, 0) is 29.8 Å². The number of carbonyl (C=O) groups is 2. The van der Waals surface area contributed by atoms with Gasteiger partial charge in [-0.3, -0.25) is 9.59 Å². The first-order valence-electron chi connectivity index (χ1n) is 9.15. The third kappa shape index (κ3) is 4.11. The number of rotatable bonds is 5. The van der Waals surface area contributed by atoms with Crippen molar-refractivity contribution in [2.45, 2.75) is 12.5 Å². The maximum absolute atomic E-state index is 12.9. The molecular formula is C23H18FNO4. The minimum Gasteiger partial charge on any atom is -0.457 e. The molecule has 5 nitrogen and oxygen atoms in total. The first kappa shape index (κ1) is 18.7. The molecule has 146 valence electrons.